The van der Waals surface area contributed by atoms with Crippen LogP contribution in [0.2, 0.25) is 0 Å². The Morgan fingerprint density at radius 2 is 0.655 bits per heavy atom. The van der Waals surface area contributed by atoms with Crippen LogP contribution in [0.15, 0.2) is 194 Å². The molecule has 0 unspecified atom stereocenters. The molecule has 0 radical (unpaired) electrons. The zero-order chi connectivity index (χ0) is 36.0. The van der Waals surface area contributed by atoms with E-state index in [1.807, 2.05) is 11.3 Å². The van der Waals surface area contributed by atoms with Gasteiger partial charge in [0.05, 0.1) is 0 Å². The second-order valence-electron chi connectivity index (χ2n) is 14.7. The summed E-state index contributed by atoms with van der Waals surface area (Å²) in [5, 5.41) is 18.2. The summed E-state index contributed by atoms with van der Waals surface area (Å²) >= 11 is 1.88. The molecular formula is C54H32S. The fourth-order valence-corrected chi connectivity index (χ4v) is 10.5. The third-order valence-corrected chi connectivity index (χ3v) is 13.0. The van der Waals surface area contributed by atoms with Crippen molar-refractivity contribution in [2.24, 2.45) is 0 Å². The van der Waals surface area contributed by atoms with Crippen molar-refractivity contribution in [3.63, 3.8) is 0 Å². The summed E-state index contributed by atoms with van der Waals surface area (Å²) in [4.78, 5) is 0. The van der Waals surface area contributed by atoms with E-state index in [1.54, 1.807) is 0 Å². The van der Waals surface area contributed by atoms with E-state index in [2.05, 4.69) is 194 Å². The Labute approximate surface area is 322 Å². The van der Waals surface area contributed by atoms with Crippen LogP contribution in [0.25, 0.3) is 118 Å². The van der Waals surface area contributed by atoms with Gasteiger partial charge in [0.1, 0.15) is 0 Å². The average Bonchev–Trinajstić information content (AvgIpc) is 3.64. The molecular weight excluding hydrogens is 681 g/mol. The van der Waals surface area contributed by atoms with Gasteiger partial charge in [-0.15, -0.1) is 11.3 Å². The van der Waals surface area contributed by atoms with Crippen LogP contribution in [0.3, 0.4) is 0 Å². The quantitative estimate of drug-likeness (QED) is 0.160. The van der Waals surface area contributed by atoms with Gasteiger partial charge in [0.25, 0.3) is 0 Å². The first-order chi connectivity index (χ1) is 27.3. The highest BCUT2D eigenvalue weighted by atomic mass is 32.1. The second kappa shape index (κ2) is 11.9. The Morgan fingerprint density at radius 1 is 0.218 bits per heavy atom. The highest BCUT2D eigenvalue weighted by Gasteiger charge is 2.18. The van der Waals surface area contributed by atoms with Gasteiger partial charge in [0.15, 0.2) is 0 Å². The van der Waals surface area contributed by atoms with Crippen LogP contribution in [0.1, 0.15) is 0 Å². The third-order valence-electron chi connectivity index (χ3n) is 11.8. The lowest BCUT2D eigenvalue weighted by atomic mass is 9.85. The summed E-state index contributed by atoms with van der Waals surface area (Å²) in [6.07, 6.45) is 0. The molecule has 0 saturated carbocycles. The molecule has 0 saturated heterocycles. The van der Waals surface area contributed by atoms with Crippen molar-refractivity contribution in [2.75, 3.05) is 0 Å². The van der Waals surface area contributed by atoms with E-state index in [9.17, 15) is 0 Å². The minimum absolute atomic E-state index is 1.23. The summed E-state index contributed by atoms with van der Waals surface area (Å²) in [5.74, 6) is 0. The molecule has 12 rings (SSSR count). The molecule has 55 heavy (non-hydrogen) atoms. The molecule has 0 aliphatic heterocycles. The van der Waals surface area contributed by atoms with Gasteiger partial charge in [-0.3, -0.25) is 0 Å². The minimum Gasteiger partial charge on any atom is -0.135 e. The van der Waals surface area contributed by atoms with Crippen LogP contribution < -0.4 is 0 Å². The normalized spacial score (nSPS) is 12.0. The van der Waals surface area contributed by atoms with Gasteiger partial charge >= 0.3 is 0 Å². The van der Waals surface area contributed by atoms with Gasteiger partial charge in [0.2, 0.25) is 0 Å². The van der Waals surface area contributed by atoms with E-state index >= 15 is 0 Å². The van der Waals surface area contributed by atoms with E-state index < -0.39 is 0 Å². The van der Waals surface area contributed by atoms with Crippen molar-refractivity contribution in [3.05, 3.63) is 194 Å². The second-order valence-corrected chi connectivity index (χ2v) is 15.8. The molecule has 0 bridgehead atoms. The maximum Gasteiger partial charge on any atom is 0.0361 e. The van der Waals surface area contributed by atoms with Gasteiger partial charge in [0, 0.05) is 20.2 Å². The van der Waals surface area contributed by atoms with Crippen molar-refractivity contribution in [2.45, 2.75) is 0 Å². The summed E-state index contributed by atoms with van der Waals surface area (Å²) < 4.78 is 2.67. The first kappa shape index (κ1) is 30.6. The van der Waals surface area contributed by atoms with Crippen LogP contribution in [-0.4, -0.2) is 0 Å². The zero-order valence-corrected chi connectivity index (χ0v) is 30.7. The summed E-state index contributed by atoms with van der Waals surface area (Å²) in [7, 11) is 0. The van der Waals surface area contributed by atoms with E-state index in [4.69, 9.17) is 0 Å². The minimum atomic E-state index is 1.23. The van der Waals surface area contributed by atoms with Gasteiger partial charge in [-0.05, 0) is 122 Å². The van der Waals surface area contributed by atoms with E-state index in [-0.39, 0.29) is 0 Å². The number of fused-ring (bicyclic) bond motifs is 15. The predicted octanol–water partition coefficient (Wildman–Crippen LogP) is 16.0. The van der Waals surface area contributed by atoms with E-state index in [1.165, 1.54) is 118 Å². The molecule has 0 spiro atoms. The number of hydrogen-bond acceptors (Lipinski definition) is 1. The fraction of sp³-hybridized carbons (Fsp3) is 0. The van der Waals surface area contributed by atoms with E-state index in [0.29, 0.717) is 0 Å². The molecule has 11 aromatic carbocycles. The first-order valence-electron chi connectivity index (χ1n) is 19.0. The third kappa shape index (κ3) is 4.57. The largest absolute Gasteiger partial charge is 0.135 e. The number of benzene rings is 11. The molecule has 1 heteroatoms. The van der Waals surface area contributed by atoms with Crippen molar-refractivity contribution < 1.29 is 0 Å². The van der Waals surface area contributed by atoms with Gasteiger partial charge in [-0.1, -0.05) is 170 Å². The fourth-order valence-electron chi connectivity index (χ4n) is 9.36. The molecule has 12 aromatic rings. The lowest BCUT2D eigenvalue weighted by molar-refractivity contribution is 1.65. The van der Waals surface area contributed by atoms with Gasteiger partial charge in [-0.25, -0.2) is 0 Å². The smallest absolute Gasteiger partial charge is 0.0361 e. The van der Waals surface area contributed by atoms with Crippen LogP contribution >= 0.6 is 11.3 Å². The monoisotopic (exact) mass is 712 g/mol. The predicted molar refractivity (Wildman–Crippen MR) is 241 cm³/mol. The van der Waals surface area contributed by atoms with Gasteiger partial charge in [-0.2, -0.15) is 0 Å². The molecule has 0 amide bonds. The van der Waals surface area contributed by atoms with Crippen molar-refractivity contribution in [3.8, 4) is 33.4 Å². The molecule has 0 atom stereocenters. The molecule has 0 aliphatic carbocycles. The van der Waals surface area contributed by atoms with Gasteiger partial charge < -0.3 is 0 Å². The Morgan fingerprint density at radius 3 is 1.29 bits per heavy atom. The molecule has 0 aliphatic rings. The van der Waals surface area contributed by atoms with Crippen LogP contribution in [-0.2, 0) is 0 Å². The molecule has 0 nitrogen and oxygen atoms in total. The Kier molecular flexibility index (Phi) is 6.60. The van der Waals surface area contributed by atoms with Crippen molar-refractivity contribution >= 4 is 96.1 Å². The van der Waals surface area contributed by atoms with Crippen molar-refractivity contribution in [1.29, 1.82) is 0 Å². The number of thiophene rings is 1. The number of hydrogen-bond donors (Lipinski definition) is 0. The Bertz CT molecular complexity index is 3530. The van der Waals surface area contributed by atoms with Crippen LogP contribution in [0.5, 0.6) is 0 Å². The Hall–Kier alpha value is -6.80. The lowest BCUT2D eigenvalue weighted by Crippen LogP contribution is -1.90. The summed E-state index contributed by atoms with van der Waals surface area (Å²) in [6, 6.07) is 72.3. The maximum absolute atomic E-state index is 2.44. The standard InChI is InChI=1S/C54H32S/c1-2-12-33(13-3-1)34-24-28-47-49(30-34)41-14-4-6-17-45(41)54-48-29-26-35(31-50(48)42-15-5-7-18-46(42)53(47)54)37-19-10-22-40-38(20-11-21-39(37)40)36-25-27-44-43-16-8-9-23-51(43)55-52(44)32-36/h1-32H. The summed E-state index contributed by atoms with van der Waals surface area (Å²) in [5.41, 5.74) is 7.49. The highest BCUT2D eigenvalue weighted by molar-refractivity contribution is 7.25. The molecule has 1 heterocycles. The molecule has 1 aromatic heterocycles. The van der Waals surface area contributed by atoms with Crippen LogP contribution in [0.4, 0.5) is 0 Å². The van der Waals surface area contributed by atoms with Crippen molar-refractivity contribution in [1.82, 2.24) is 0 Å². The zero-order valence-electron chi connectivity index (χ0n) is 29.9. The molecule has 0 fully saturated rings. The van der Waals surface area contributed by atoms with E-state index in [0.717, 1.165) is 0 Å². The Balaban J connectivity index is 1.09. The SMILES string of the molecule is c1ccc(-c2ccc3c(c2)c2ccccc2c2c4ccc(-c5cccc6c(-c7ccc8c(c7)sc7ccccc78)cccc56)cc4c4ccccc4c32)cc1. The molecule has 0 N–H and O–H groups in total. The first-order valence-corrected chi connectivity index (χ1v) is 19.8. The average molecular weight is 713 g/mol. The highest BCUT2D eigenvalue weighted by Crippen LogP contribution is 2.46. The number of rotatable bonds is 3. The molecule has 254 valence electrons. The topological polar surface area (TPSA) is 0 Å². The van der Waals surface area contributed by atoms with Crippen LogP contribution in [0, 0.1) is 0 Å². The maximum atomic E-state index is 2.44. The lowest BCUT2D eigenvalue weighted by Gasteiger charge is -2.18. The summed E-state index contributed by atoms with van der Waals surface area (Å²) in [6.45, 7) is 0.